The number of nitrogens with one attached hydrogen (secondary N) is 1. The summed E-state index contributed by atoms with van der Waals surface area (Å²) in [7, 11) is 0. The number of pyridine rings is 1. The van der Waals surface area contributed by atoms with Crippen LogP contribution in [0.5, 0.6) is 0 Å². The number of aromatic nitrogens is 1. The monoisotopic (exact) mass is 397 g/mol. The fourth-order valence-corrected chi connectivity index (χ4v) is 5.43. The van der Waals surface area contributed by atoms with E-state index >= 15 is 0 Å². The largest absolute Gasteiger partial charge is 0.350 e. The number of carbonyl (C=O) groups excluding carboxylic acids is 2. The van der Waals surface area contributed by atoms with Gasteiger partial charge in [0.2, 0.25) is 11.8 Å². The third-order valence-electron chi connectivity index (χ3n) is 7.50. The van der Waals surface area contributed by atoms with Crippen LogP contribution >= 0.6 is 0 Å². The molecule has 0 radical (unpaired) electrons. The smallest absolute Gasteiger partial charge is 0.224 e. The molecule has 158 valence electrons. The first-order chi connectivity index (χ1) is 14.1. The van der Waals surface area contributed by atoms with Gasteiger partial charge in [0.05, 0.1) is 12.2 Å². The molecule has 3 aliphatic rings. The fraction of sp³-hybridized carbons (Fsp3) is 0.708. The fourth-order valence-electron chi connectivity index (χ4n) is 5.43. The summed E-state index contributed by atoms with van der Waals surface area (Å²) < 4.78 is 0. The molecule has 1 aliphatic heterocycles. The number of piperidine rings is 1. The predicted octanol–water partition coefficient (Wildman–Crippen LogP) is 4.00. The number of rotatable bonds is 6. The SMILES string of the molecule is Cc1cccc(CNC(=O)[C@@H]2CC23CCN(C(=O)CCC2CCCCC2)CC3)n1. The molecule has 1 aromatic rings. The van der Waals surface area contributed by atoms with Gasteiger partial charge < -0.3 is 10.2 Å². The molecule has 4 rings (SSSR count). The minimum atomic E-state index is 0.117. The van der Waals surface area contributed by atoms with Crippen molar-refractivity contribution in [3.8, 4) is 0 Å². The first-order valence-corrected chi connectivity index (χ1v) is 11.5. The molecule has 1 spiro atoms. The van der Waals surface area contributed by atoms with E-state index in [9.17, 15) is 9.59 Å². The van der Waals surface area contributed by atoms with Crippen molar-refractivity contribution < 1.29 is 9.59 Å². The van der Waals surface area contributed by atoms with Crippen LogP contribution in [0.15, 0.2) is 18.2 Å². The van der Waals surface area contributed by atoms with Gasteiger partial charge in [-0.05, 0) is 56.1 Å². The van der Waals surface area contributed by atoms with Crippen molar-refractivity contribution in [3.05, 3.63) is 29.6 Å². The average Bonchev–Trinajstić information content (AvgIpc) is 3.45. The molecule has 5 nitrogen and oxygen atoms in total. The second kappa shape index (κ2) is 8.85. The van der Waals surface area contributed by atoms with Crippen molar-refractivity contribution in [1.82, 2.24) is 15.2 Å². The summed E-state index contributed by atoms with van der Waals surface area (Å²) in [5, 5.41) is 3.07. The van der Waals surface area contributed by atoms with Gasteiger partial charge in [-0.1, -0.05) is 38.2 Å². The van der Waals surface area contributed by atoms with Crippen molar-refractivity contribution in [3.63, 3.8) is 0 Å². The highest BCUT2D eigenvalue weighted by Gasteiger charge is 2.58. The molecular formula is C24H35N3O2. The van der Waals surface area contributed by atoms with Crippen LogP contribution in [0.25, 0.3) is 0 Å². The van der Waals surface area contributed by atoms with E-state index in [0.717, 1.165) is 56.1 Å². The lowest BCUT2D eigenvalue weighted by Crippen LogP contribution is -2.40. The van der Waals surface area contributed by atoms with Crippen LogP contribution < -0.4 is 5.32 Å². The summed E-state index contributed by atoms with van der Waals surface area (Å²) in [4.78, 5) is 31.7. The van der Waals surface area contributed by atoms with Crippen LogP contribution in [0.3, 0.4) is 0 Å². The van der Waals surface area contributed by atoms with Crippen LogP contribution in [0, 0.1) is 24.2 Å². The van der Waals surface area contributed by atoms with Gasteiger partial charge >= 0.3 is 0 Å². The minimum Gasteiger partial charge on any atom is -0.350 e. The highest BCUT2D eigenvalue weighted by molar-refractivity contribution is 5.82. The van der Waals surface area contributed by atoms with E-state index in [2.05, 4.69) is 15.2 Å². The Hall–Kier alpha value is -1.91. The average molecular weight is 398 g/mol. The molecule has 1 aromatic heterocycles. The normalized spacial score (nSPS) is 23.8. The molecular weight excluding hydrogens is 362 g/mol. The van der Waals surface area contributed by atoms with Gasteiger partial charge in [0.25, 0.3) is 0 Å². The Balaban J connectivity index is 1.18. The lowest BCUT2D eigenvalue weighted by molar-refractivity contribution is -0.133. The molecule has 1 saturated heterocycles. The predicted molar refractivity (Wildman–Crippen MR) is 113 cm³/mol. The molecule has 2 amide bonds. The van der Waals surface area contributed by atoms with Gasteiger partial charge in [0.1, 0.15) is 0 Å². The summed E-state index contributed by atoms with van der Waals surface area (Å²) in [6.07, 6.45) is 11.4. The van der Waals surface area contributed by atoms with Gasteiger partial charge in [-0.3, -0.25) is 14.6 Å². The second-order valence-corrected chi connectivity index (χ2v) is 9.53. The highest BCUT2D eigenvalue weighted by atomic mass is 16.2. The number of likely N-dealkylation sites (tertiary alicyclic amines) is 1. The van der Waals surface area contributed by atoms with E-state index in [1.165, 1.54) is 32.1 Å². The topological polar surface area (TPSA) is 62.3 Å². The van der Waals surface area contributed by atoms with E-state index in [-0.39, 0.29) is 17.2 Å². The van der Waals surface area contributed by atoms with Gasteiger partial charge in [0, 0.05) is 31.1 Å². The Bertz CT molecular complexity index is 733. The summed E-state index contributed by atoms with van der Waals surface area (Å²) in [5.74, 6) is 1.37. The zero-order valence-corrected chi connectivity index (χ0v) is 17.8. The highest BCUT2D eigenvalue weighted by Crippen LogP contribution is 2.59. The Morgan fingerprint density at radius 2 is 1.93 bits per heavy atom. The first kappa shape index (κ1) is 20.4. The van der Waals surface area contributed by atoms with E-state index < -0.39 is 0 Å². The molecule has 0 bridgehead atoms. The van der Waals surface area contributed by atoms with E-state index in [4.69, 9.17) is 0 Å². The molecule has 1 atom stereocenters. The van der Waals surface area contributed by atoms with Crippen LogP contribution in [-0.2, 0) is 16.1 Å². The van der Waals surface area contributed by atoms with Crippen molar-refractivity contribution in [1.29, 1.82) is 0 Å². The maximum absolute atomic E-state index is 12.6. The standard InChI is InChI=1S/C24H35N3O2/c1-18-6-5-9-20(26-18)17-25-23(29)21-16-24(21)12-14-27(15-13-24)22(28)11-10-19-7-3-2-4-8-19/h5-6,9,19,21H,2-4,7-8,10-17H2,1H3,(H,25,29)/t21-/m0/s1. The minimum absolute atomic E-state index is 0.117. The van der Waals surface area contributed by atoms with E-state index in [1.807, 2.05) is 25.1 Å². The molecule has 29 heavy (non-hydrogen) atoms. The number of carbonyl (C=O) groups is 2. The number of amides is 2. The zero-order valence-electron chi connectivity index (χ0n) is 17.8. The lowest BCUT2D eigenvalue weighted by Gasteiger charge is -2.33. The van der Waals surface area contributed by atoms with Crippen molar-refractivity contribution >= 4 is 11.8 Å². The summed E-state index contributed by atoms with van der Waals surface area (Å²) >= 11 is 0. The number of aryl methyl sites for hydroxylation is 1. The zero-order chi connectivity index (χ0) is 20.3. The maximum atomic E-state index is 12.6. The molecule has 3 fully saturated rings. The summed E-state index contributed by atoms with van der Waals surface area (Å²) in [6.45, 7) is 4.11. The molecule has 2 heterocycles. The molecule has 2 aliphatic carbocycles. The van der Waals surface area contributed by atoms with Crippen LogP contribution in [-0.4, -0.2) is 34.8 Å². The Morgan fingerprint density at radius 3 is 2.66 bits per heavy atom. The van der Waals surface area contributed by atoms with Crippen LogP contribution in [0.1, 0.15) is 75.6 Å². The molecule has 2 saturated carbocycles. The van der Waals surface area contributed by atoms with Crippen LogP contribution in [0.4, 0.5) is 0 Å². The van der Waals surface area contributed by atoms with E-state index in [0.29, 0.717) is 18.9 Å². The van der Waals surface area contributed by atoms with Gasteiger partial charge in [0.15, 0.2) is 0 Å². The van der Waals surface area contributed by atoms with Crippen molar-refractivity contribution in [2.24, 2.45) is 17.3 Å². The van der Waals surface area contributed by atoms with E-state index in [1.54, 1.807) is 0 Å². The summed E-state index contributed by atoms with van der Waals surface area (Å²) in [5.41, 5.74) is 2.02. The Morgan fingerprint density at radius 1 is 1.17 bits per heavy atom. The van der Waals surface area contributed by atoms with Gasteiger partial charge in [-0.15, -0.1) is 0 Å². The quantitative estimate of drug-likeness (QED) is 0.789. The summed E-state index contributed by atoms with van der Waals surface area (Å²) in [6, 6.07) is 5.89. The van der Waals surface area contributed by atoms with Gasteiger partial charge in [-0.2, -0.15) is 0 Å². The van der Waals surface area contributed by atoms with Gasteiger partial charge in [-0.25, -0.2) is 0 Å². The first-order valence-electron chi connectivity index (χ1n) is 11.5. The van der Waals surface area contributed by atoms with Crippen molar-refractivity contribution in [2.45, 2.75) is 77.7 Å². The maximum Gasteiger partial charge on any atom is 0.224 e. The number of nitrogens with zero attached hydrogens (tertiary/aromatic N) is 2. The van der Waals surface area contributed by atoms with Crippen molar-refractivity contribution in [2.75, 3.05) is 13.1 Å². The second-order valence-electron chi connectivity index (χ2n) is 9.53. The molecule has 0 unspecified atom stereocenters. The Labute approximate surface area is 174 Å². The van der Waals surface area contributed by atoms with Crippen LogP contribution in [0.2, 0.25) is 0 Å². The molecule has 0 aromatic carbocycles. The number of hydrogen-bond acceptors (Lipinski definition) is 3. The number of hydrogen-bond donors (Lipinski definition) is 1. The third-order valence-corrected chi connectivity index (χ3v) is 7.50. The molecule has 5 heteroatoms. The molecule has 1 N–H and O–H groups in total. The Kier molecular flexibility index (Phi) is 6.21. The third kappa shape index (κ3) is 4.99. The lowest BCUT2D eigenvalue weighted by atomic mass is 9.85.